The lowest BCUT2D eigenvalue weighted by Gasteiger charge is -2.16. The van der Waals surface area contributed by atoms with Crippen molar-refractivity contribution in [2.75, 3.05) is 24.7 Å². The summed E-state index contributed by atoms with van der Waals surface area (Å²) in [7, 11) is -0.265. The number of ether oxygens (including phenoxy) is 1. The molecular weight excluding hydrogens is 280 g/mol. The number of anilines is 1. The first-order valence-electron chi connectivity index (χ1n) is 5.87. The molecular formula is C12H16N4O3S. The summed E-state index contributed by atoms with van der Waals surface area (Å²) in [5, 5.41) is 7.69. The van der Waals surface area contributed by atoms with Gasteiger partial charge in [0.15, 0.2) is 5.82 Å². The molecule has 0 aliphatic rings. The minimum absolute atomic E-state index is 0.420. The second-order valence-electron chi connectivity index (χ2n) is 4.33. The molecule has 0 saturated heterocycles. The van der Waals surface area contributed by atoms with Crippen molar-refractivity contribution in [3.8, 4) is 5.75 Å². The second-order valence-corrected chi connectivity index (χ2v) is 6.34. The van der Waals surface area contributed by atoms with Crippen LogP contribution in [0.4, 0.5) is 5.82 Å². The number of hydrogen-bond donors (Lipinski definition) is 0. The van der Waals surface area contributed by atoms with E-state index in [-0.39, 0.29) is 0 Å². The number of nitrogens with zero attached hydrogens (tertiary/aromatic N) is 4. The lowest BCUT2D eigenvalue weighted by Crippen LogP contribution is -2.27. The van der Waals surface area contributed by atoms with Gasteiger partial charge in [-0.05, 0) is 17.7 Å². The first-order valence-corrected chi connectivity index (χ1v) is 7.72. The lowest BCUT2D eigenvalue weighted by molar-refractivity contribution is 0.414. The number of hydrogen-bond acceptors (Lipinski definition) is 5. The molecule has 0 amide bonds. The average molecular weight is 296 g/mol. The Morgan fingerprint density at radius 2 is 1.95 bits per heavy atom. The van der Waals surface area contributed by atoms with Crippen LogP contribution >= 0.6 is 0 Å². The fourth-order valence-electron chi connectivity index (χ4n) is 1.68. The summed E-state index contributed by atoms with van der Waals surface area (Å²) in [5.74, 6) is 1.18. The van der Waals surface area contributed by atoms with Crippen molar-refractivity contribution in [2.45, 2.75) is 6.54 Å². The third-order valence-electron chi connectivity index (χ3n) is 2.91. The van der Waals surface area contributed by atoms with Crippen LogP contribution in [0.15, 0.2) is 30.5 Å². The largest absolute Gasteiger partial charge is 0.497 e. The van der Waals surface area contributed by atoms with E-state index in [0.29, 0.717) is 12.4 Å². The van der Waals surface area contributed by atoms with Crippen molar-refractivity contribution in [3.05, 3.63) is 36.0 Å². The topological polar surface area (TPSA) is 77.3 Å². The molecule has 0 spiro atoms. The molecule has 0 unspecified atom stereocenters. The monoisotopic (exact) mass is 296 g/mol. The Morgan fingerprint density at radius 3 is 2.50 bits per heavy atom. The average Bonchev–Trinajstić information content (AvgIpc) is 2.85. The van der Waals surface area contributed by atoms with Crippen molar-refractivity contribution < 1.29 is 13.2 Å². The van der Waals surface area contributed by atoms with Crippen LogP contribution in [0, 0.1) is 0 Å². The van der Waals surface area contributed by atoms with Crippen molar-refractivity contribution in [1.82, 2.24) is 15.0 Å². The summed E-state index contributed by atoms with van der Waals surface area (Å²) in [5.41, 5.74) is 0.972. The zero-order valence-electron chi connectivity index (χ0n) is 11.5. The molecule has 1 aromatic carbocycles. The number of rotatable bonds is 5. The predicted molar refractivity (Wildman–Crippen MR) is 75.4 cm³/mol. The van der Waals surface area contributed by atoms with Gasteiger partial charge in [-0.3, -0.25) is 4.31 Å². The highest BCUT2D eigenvalue weighted by Crippen LogP contribution is 2.17. The number of sulfonamides is 1. The highest BCUT2D eigenvalue weighted by Gasteiger charge is 2.17. The van der Waals surface area contributed by atoms with Crippen molar-refractivity contribution in [1.29, 1.82) is 0 Å². The molecule has 0 radical (unpaired) electrons. The summed E-state index contributed by atoms with van der Waals surface area (Å²) in [6, 6.07) is 7.47. The molecule has 0 bridgehead atoms. The van der Waals surface area contributed by atoms with Gasteiger partial charge in [-0.25, -0.2) is 13.1 Å². The van der Waals surface area contributed by atoms with Gasteiger partial charge < -0.3 is 4.74 Å². The van der Waals surface area contributed by atoms with E-state index >= 15 is 0 Å². The van der Waals surface area contributed by atoms with E-state index in [1.54, 1.807) is 7.11 Å². The molecule has 2 aromatic rings. The van der Waals surface area contributed by atoms with Crippen LogP contribution in [0.2, 0.25) is 0 Å². The SMILES string of the molecule is COc1ccc(Cn2nncc2N(C)S(C)(=O)=O)cc1. The van der Waals surface area contributed by atoms with Gasteiger partial charge in [0, 0.05) is 7.05 Å². The molecule has 0 saturated carbocycles. The summed E-state index contributed by atoms with van der Waals surface area (Å²) in [4.78, 5) is 0. The van der Waals surface area contributed by atoms with E-state index in [9.17, 15) is 8.42 Å². The number of benzene rings is 1. The quantitative estimate of drug-likeness (QED) is 0.813. The van der Waals surface area contributed by atoms with Gasteiger partial charge in [0.1, 0.15) is 5.75 Å². The molecule has 1 aromatic heterocycles. The van der Waals surface area contributed by atoms with Crippen molar-refractivity contribution in [3.63, 3.8) is 0 Å². The van der Waals surface area contributed by atoms with Gasteiger partial charge in [0.2, 0.25) is 10.0 Å². The first kappa shape index (κ1) is 14.3. The van der Waals surface area contributed by atoms with Crippen molar-refractivity contribution in [2.24, 2.45) is 0 Å². The Bertz CT molecular complexity index is 679. The first-order chi connectivity index (χ1) is 9.41. The van der Waals surface area contributed by atoms with E-state index < -0.39 is 10.0 Å². The highest BCUT2D eigenvalue weighted by molar-refractivity contribution is 7.92. The van der Waals surface area contributed by atoms with Crippen LogP contribution in [-0.2, 0) is 16.6 Å². The Labute approximate surface area is 117 Å². The van der Waals surface area contributed by atoms with Gasteiger partial charge in [-0.1, -0.05) is 17.3 Å². The van der Waals surface area contributed by atoms with Gasteiger partial charge in [-0.15, -0.1) is 5.10 Å². The van der Waals surface area contributed by atoms with Gasteiger partial charge in [0.25, 0.3) is 0 Å². The van der Waals surface area contributed by atoms with Gasteiger partial charge in [0.05, 0.1) is 26.1 Å². The normalized spacial score (nSPS) is 11.3. The molecule has 0 atom stereocenters. The molecule has 0 aliphatic heterocycles. The Morgan fingerprint density at radius 1 is 1.30 bits per heavy atom. The van der Waals surface area contributed by atoms with Crippen LogP contribution in [0.25, 0.3) is 0 Å². The van der Waals surface area contributed by atoms with E-state index in [0.717, 1.165) is 21.9 Å². The van der Waals surface area contributed by atoms with Crippen LogP contribution < -0.4 is 9.04 Å². The van der Waals surface area contributed by atoms with E-state index in [1.165, 1.54) is 17.9 Å². The Balaban J connectivity index is 2.24. The lowest BCUT2D eigenvalue weighted by atomic mass is 10.2. The second kappa shape index (κ2) is 5.49. The number of methoxy groups -OCH3 is 1. The maximum atomic E-state index is 11.6. The fourth-order valence-corrected chi connectivity index (χ4v) is 2.16. The van der Waals surface area contributed by atoms with E-state index in [2.05, 4.69) is 10.3 Å². The van der Waals surface area contributed by atoms with Gasteiger partial charge in [-0.2, -0.15) is 0 Å². The summed E-state index contributed by atoms with van der Waals surface area (Å²) in [6.07, 6.45) is 2.56. The smallest absolute Gasteiger partial charge is 0.233 e. The molecule has 0 fully saturated rings. The molecule has 0 aliphatic carbocycles. The van der Waals surface area contributed by atoms with E-state index in [4.69, 9.17) is 4.74 Å². The summed E-state index contributed by atoms with van der Waals surface area (Å²) in [6.45, 7) is 0.430. The van der Waals surface area contributed by atoms with Crippen molar-refractivity contribution >= 4 is 15.8 Å². The zero-order chi connectivity index (χ0) is 14.8. The molecule has 108 valence electrons. The maximum Gasteiger partial charge on any atom is 0.233 e. The Kier molecular flexibility index (Phi) is 3.93. The van der Waals surface area contributed by atoms with Crippen LogP contribution in [0.1, 0.15) is 5.56 Å². The molecule has 8 heteroatoms. The third-order valence-corrected chi connectivity index (χ3v) is 4.09. The molecule has 2 rings (SSSR count). The standard InChI is InChI=1S/C12H16N4O3S/c1-15(20(3,17)18)12-8-13-14-16(12)9-10-4-6-11(19-2)7-5-10/h4-8H,9H2,1-3H3. The van der Waals surface area contributed by atoms with Crippen LogP contribution in [-0.4, -0.2) is 43.8 Å². The fraction of sp³-hybridized carbons (Fsp3) is 0.333. The van der Waals surface area contributed by atoms with E-state index in [1.807, 2.05) is 24.3 Å². The van der Waals surface area contributed by atoms with Crippen LogP contribution in [0.3, 0.4) is 0 Å². The predicted octanol–water partition coefficient (Wildman–Crippen LogP) is 0.731. The van der Waals surface area contributed by atoms with Gasteiger partial charge >= 0.3 is 0 Å². The molecule has 0 N–H and O–H groups in total. The maximum absolute atomic E-state index is 11.6. The highest BCUT2D eigenvalue weighted by atomic mass is 32.2. The summed E-state index contributed by atoms with van der Waals surface area (Å²) < 4.78 is 30.9. The minimum atomic E-state index is -3.34. The molecule has 20 heavy (non-hydrogen) atoms. The number of aromatic nitrogens is 3. The molecule has 7 nitrogen and oxygen atoms in total. The third kappa shape index (κ3) is 3.08. The minimum Gasteiger partial charge on any atom is -0.497 e. The Hall–Kier alpha value is -2.09. The summed E-state index contributed by atoms with van der Waals surface area (Å²) >= 11 is 0. The van der Waals surface area contributed by atoms with Crippen LogP contribution in [0.5, 0.6) is 5.75 Å². The molecule has 1 heterocycles. The zero-order valence-corrected chi connectivity index (χ0v) is 12.3.